The van der Waals surface area contributed by atoms with Gasteiger partial charge in [-0.05, 0) is 36.8 Å². The van der Waals surface area contributed by atoms with Crippen LogP contribution in [0.2, 0.25) is 0 Å². The van der Waals surface area contributed by atoms with Crippen LogP contribution in [0.3, 0.4) is 0 Å². The Hall–Kier alpha value is -3.38. The van der Waals surface area contributed by atoms with E-state index in [1.165, 1.54) is 6.07 Å². The Labute approximate surface area is 164 Å². The van der Waals surface area contributed by atoms with E-state index in [4.69, 9.17) is 9.84 Å². The molecule has 1 aliphatic heterocycles. The average Bonchev–Trinajstić information content (AvgIpc) is 2.66. The molecule has 0 bridgehead atoms. The van der Waals surface area contributed by atoms with Gasteiger partial charge in [0.15, 0.2) is 6.10 Å². The van der Waals surface area contributed by atoms with E-state index in [0.717, 1.165) is 17.7 Å². The van der Waals surface area contributed by atoms with E-state index < -0.39 is 18.4 Å². The first-order valence-electron chi connectivity index (χ1n) is 8.57. The van der Waals surface area contributed by atoms with Gasteiger partial charge in [-0.2, -0.15) is 0 Å². The fourth-order valence-electron chi connectivity index (χ4n) is 2.71. The molecule has 1 unspecified atom stereocenters. The van der Waals surface area contributed by atoms with Crippen LogP contribution in [0, 0.1) is 18.8 Å². The molecule has 1 atom stereocenters. The maximum atomic E-state index is 12.6. The summed E-state index contributed by atoms with van der Waals surface area (Å²) >= 11 is 0. The summed E-state index contributed by atoms with van der Waals surface area (Å²) in [6.45, 7) is 1.61. The molecule has 0 radical (unpaired) electrons. The molecule has 0 saturated heterocycles. The molecule has 2 aromatic rings. The molecule has 1 amide bonds. The van der Waals surface area contributed by atoms with Crippen molar-refractivity contribution in [2.75, 3.05) is 23.8 Å². The largest absolute Gasteiger partial charge is 0.573 e. The molecule has 29 heavy (non-hydrogen) atoms. The number of carbonyl (C=O) groups excluding carboxylic acids is 1. The van der Waals surface area contributed by atoms with Crippen LogP contribution in [0.5, 0.6) is 11.5 Å². The molecule has 0 fully saturated rings. The fourth-order valence-corrected chi connectivity index (χ4v) is 2.71. The lowest BCUT2D eigenvalue weighted by atomic mass is 10.1. The number of halogens is 3. The number of aliphatic hydroxyl groups is 1. The Morgan fingerprint density at radius 3 is 2.86 bits per heavy atom. The highest BCUT2D eigenvalue weighted by molar-refractivity contribution is 5.96. The summed E-state index contributed by atoms with van der Waals surface area (Å²) in [5.41, 5.74) is 2.24. The molecular formula is C20H17F3N2O4. The van der Waals surface area contributed by atoms with Crippen molar-refractivity contribution in [1.82, 2.24) is 0 Å². The smallest absolute Gasteiger partial charge is 0.477 e. The number of anilines is 2. The van der Waals surface area contributed by atoms with Gasteiger partial charge in [0.25, 0.3) is 5.91 Å². The molecule has 6 nitrogen and oxygen atoms in total. The molecule has 0 aliphatic carbocycles. The standard InChI is InChI=1S/C20H17F3N2O4/c1-12-4-6-15(13(9-12)3-2-8-26)25-19(27)18-11-24-16-10-14(29-20(21,22)23)5-7-17(16)28-18/h4-7,9-10,18,24,26H,8,11H2,1H3,(H,25,27). The second-order valence-corrected chi connectivity index (χ2v) is 6.19. The number of carbonyl (C=O) groups is 1. The Balaban J connectivity index is 1.72. The first kappa shape index (κ1) is 20.4. The van der Waals surface area contributed by atoms with Crippen molar-refractivity contribution < 1.29 is 32.5 Å². The third-order valence-electron chi connectivity index (χ3n) is 3.96. The Morgan fingerprint density at radius 2 is 2.14 bits per heavy atom. The van der Waals surface area contributed by atoms with Crippen LogP contribution >= 0.6 is 0 Å². The number of hydrogen-bond donors (Lipinski definition) is 3. The molecule has 0 aromatic heterocycles. The van der Waals surface area contributed by atoms with Gasteiger partial charge in [0.2, 0.25) is 0 Å². The molecule has 9 heteroatoms. The highest BCUT2D eigenvalue weighted by atomic mass is 19.4. The van der Waals surface area contributed by atoms with Gasteiger partial charge in [-0.1, -0.05) is 17.9 Å². The molecule has 2 aromatic carbocycles. The predicted molar refractivity (Wildman–Crippen MR) is 99.8 cm³/mol. The molecule has 1 aliphatic rings. The lowest BCUT2D eigenvalue weighted by molar-refractivity contribution is -0.274. The van der Waals surface area contributed by atoms with Gasteiger partial charge in [-0.25, -0.2) is 0 Å². The number of ether oxygens (including phenoxy) is 2. The lowest BCUT2D eigenvalue weighted by Gasteiger charge is -2.27. The summed E-state index contributed by atoms with van der Waals surface area (Å²) in [4.78, 5) is 12.6. The molecule has 3 rings (SSSR count). The summed E-state index contributed by atoms with van der Waals surface area (Å²) in [7, 11) is 0. The van der Waals surface area contributed by atoms with E-state index in [2.05, 4.69) is 27.2 Å². The average molecular weight is 406 g/mol. The summed E-state index contributed by atoms with van der Waals surface area (Å²) in [6.07, 6.45) is -5.70. The number of benzene rings is 2. The van der Waals surface area contributed by atoms with Gasteiger partial charge in [0.1, 0.15) is 18.1 Å². The highest BCUT2D eigenvalue weighted by Gasteiger charge is 2.32. The van der Waals surface area contributed by atoms with Crippen molar-refractivity contribution in [2.24, 2.45) is 0 Å². The van der Waals surface area contributed by atoms with Crippen LogP contribution in [0.15, 0.2) is 36.4 Å². The number of rotatable bonds is 3. The van der Waals surface area contributed by atoms with Crippen molar-refractivity contribution in [2.45, 2.75) is 19.4 Å². The first-order chi connectivity index (χ1) is 13.7. The summed E-state index contributed by atoms with van der Waals surface area (Å²) < 4.78 is 46.5. The Morgan fingerprint density at radius 1 is 1.34 bits per heavy atom. The minimum absolute atomic E-state index is 0.0534. The second kappa shape index (κ2) is 8.32. The topological polar surface area (TPSA) is 79.8 Å². The maximum absolute atomic E-state index is 12.6. The first-order valence-corrected chi connectivity index (χ1v) is 8.57. The zero-order valence-corrected chi connectivity index (χ0v) is 15.3. The summed E-state index contributed by atoms with van der Waals surface area (Å²) in [5.74, 6) is 4.71. The van der Waals surface area contributed by atoms with Crippen LogP contribution in [0.4, 0.5) is 24.5 Å². The summed E-state index contributed by atoms with van der Waals surface area (Å²) in [5, 5.41) is 14.5. The maximum Gasteiger partial charge on any atom is 0.573 e. The fraction of sp³-hybridized carbons (Fsp3) is 0.250. The van der Waals surface area contributed by atoms with Crippen LogP contribution in [-0.2, 0) is 4.79 Å². The number of aliphatic hydroxyl groups excluding tert-OH is 1. The van der Waals surface area contributed by atoms with Gasteiger partial charge in [-0.3, -0.25) is 4.79 Å². The van der Waals surface area contributed by atoms with E-state index in [1.807, 2.05) is 6.92 Å². The van der Waals surface area contributed by atoms with Crippen molar-refractivity contribution in [3.8, 4) is 23.3 Å². The van der Waals surface area contributed by atoms with E-state index in [-0.39, 0.29) is 24.7 Å². The number of nitrogens with one attached hydrogen (secondary N) is 2. The summed E-state index contributed by atoms with van der Waals surface area (Å²) in [6, 6.07) is 8.83. The lowest BCUT2D eigenvalue weighted by Crippen LogP contribution is -2.41. The van der Waals surface area contributed by atoms with Crippen molar-refractivity contribution >= 4 is 17.3 Å². The zero-order valence-electron chi connectivity index (χ0n) is 15.3. The van der Waals surface area contributed by atoms with Gasteiger partial charge in [0.05, 0.1) is 17.9 Å². The molecule has 152 valence electrons. The molecule has 1 heterocycles. The van der Waals surface area contributed by atoms with E-state index in [1.54, 1.807) is 18.2 Å². The molecule has 3 N–H and O–H groups in total. The minimum Gasteiger partial charge on any atom is -0.477 e. The van der Waals surface area contributed by atoms with Crippen LogP contribution in [0.25, 0.3) is 0 Å². The number of amides is 1. The normalized spacial score (nSPS) is 15.1. The SMILES string of the molecule is Cc1ccc(NC(=O)C2CNc3cc(OC(F)(F)F)ccc3O2)c(C#CCO)c1. The highest BCUT2D eigenvalue weighted by Crippen LogP contribution is 2.34. The quantitative estimate of drug-likeness (QED) is 0.683. The van der Waals surface area contributed by atoms with Crippen molar-refractivity contribution in [3.05, 3.63) is 47.5 Å². The third-order valence-corrected chi connectivity index (χ3v) is 3.96. The predicted octanol–water partition coefficient (Wildman–Crippen LogP) is 3.05. The van der Waals surface area contributed by atoms with E-state index in [9.17, 15) is 18.0 Å². The van der Waals surface area contributed by atoms with Gasteiger partial charge < -0.3 is 25.2 Å². The van der Waals surface area contributed by atoms with E-state index in [0.29, 0.717) is 16.9 Å². The van der Waals surface area contributed by atoms with Crippen LogP contribution in [0.1, 0.15) is 11.1 Å². The van der Waals surface area contributed by atoms with Crippen LogP contribution < -0.4 is 20.1 Å². The number of fused-ring (bicyclic) bond motifs is 1. The number of hydrogen-bond acceptors (Lipinski definition) is 5. The van der Waals surface area contributed by atoms with Gasteiger partial charge in [0, 0.05) is 11.6 Å². The number of aryl methyl sites for hydroxylation is 1. The van der Waals surface area contributed by atoms with Gasteiger partial charge in [-0.15, -0.1) is 13.2 Å². The van der Waals surface area contributed by atoms with E-state index >= 15 is 0 Å². The number of alkyl halides is 3. The monoisotopic (exact) mass is 406 g/mol. The second-order valence-electron chi connectivity index (χ2n) is 6.19. The van der Waals surface area contributed by atoms with Crippen molar-refractivity contribution in [1.29, 1.82) is 0 Å². The van der Waals surface area contributed by atoms with Crippen molar-refractivity contribution in [3.63, 3.8) is 0 Å². The van der Waals surface area contributed by atoms with Gasteiger partial charge >= 0.3 is 6.36 Å². The Bertz CT molecular complexity index is 980. The van der Waals surface area contributed by atoms with Crippen LogP contribution in [-0.4, -0.2) is 36.6 Å². The minimum atomic E-state index is -4.79. The Kier molecular flexibility index (Phi) is 5.84. The molecule has 0 spiro atoms. The molecule has 0 saturated carbocycles. The zero-order chi connectivity index (χ0) is 21.0. The molecular weight excluding hydrogens is 389 g/mol. The third kappa shape index (κ3) is 5.33.